The lowest BCUT2D eigenvalue weighted by Gasteiger charge is -2.20. The first-order chi connectivity index (χ1) is 12.3. The van der Waals surface area contributed by atoms with Crippen molar-refractivity contribution in [2.24, 2.45) is 0 Å². The van der Waals surface area contributed by atoms with E-state index in [9.17, 15) is 0 Å². The van der Waals surface area contributed by atoms with Crippen molar-refractivity contribution in [2.75, 3.05) is 13.2 Å². The molecule has 0 radical (unpaired) electrons. The average Bonchev–Trinajstić information content (AvgIpc) is 3.21. The summed E-state index contributed by atoms with van der Waals surface area (Å²) in [5.41, 5.74) is 3.40. The Hall–Kier alpha value is -2.86. The summed E-state index contributed by atoms with van der Waals surface area (Å²) in [6.07, 6.45) is 3.23. The number of hydrogen-bond acceptors (Lipinski definition) is 5. The number of nitrogens with one attached hydrogen (secondary N) is 1. The highest BCUT2D eigenvalue weighted by Crippen LogP contribution is 2.30. The summed E-state index contributed by atoms with van der Waals surface area (Å²) >= 11 is 0. The molecule has 128 valence electrons. The van der Waals surface area contributed by atoms with Gasteiger partial charge in [-0.25, -0.2) is 9.67 Å². The van der Waals surface area contributed by atoms with Gasteiger partial charge in [-0.1, -0.05) is 18.2 Å². The first kappa shape index (κ1) is 15.7. The molecular formula is C19H20N4O2. The van der Waals surface area contributed by atoms with Gasteiger partial charge in [-0.15, -0.1) is 0 Å². The van der Waals surface area contributed by atoms with Crippen LogP contribution in [0.3, 0.4) is 0 Å². The Labute approximate surface area is 146 Å². The van der Waals surface area contributed by atoms with E-state index in [0.717, 1.165) is 23.7 Å². The van der Waals surface area contributed by atoms with Crippen molar-refractivity contribution in [3.8, 4) is 17.2 Å². The first-order valence-electron chi connectivity index (χ1n) is 8.36. The van der Waals surface area contributed by atoms with E-state index >= 15 is 0 Å². The quantitative estimate of drug-likeness (QED) is 0.776. The Balaban J connectivity index is 1.39. The van der Waals surface area contributed by atoms with Crippen LogP contribution in [0.1, 0.15) is 24.1 Å². The van der Waals surface area contributed by atoms with E-state index in [-0.39, 0.29) is 6.04 Å². The van der Waals surface area contributed by atoms with Crippen LogP contribution in [-0.4, -0.2) is 28.0 Å². The van der Waals surface area contributed by atoms with E-state index in [2.05, 4.69) is 40.5 Å². The average molecular weight is 336 g/mol. The highest BCUT2D eigenvalue weighted by molar-refractivity contribution is 5.43. The van der Waals surface area contributed by atoms with E-state index in [1.54, 1.807) is 11.0 Å². The smallest absolute Gasteiger partial charge is 0.161 e. The number of nitrogens with zero attached hydrogens (tertiary/aromatic N) is 3. The second kappa shape index (κ2) is 6.94. The molecule has 0 aliphatic carbocycles. The normalized spacial score (nSPS) is 14.3. The lowest BCUT2D eigenvalue weighted by molar-refractivity contribution is 0.171. The van der Waals surface area contributed by atoms with Gasteiger partial charge < -0.3 is 14.8 Å². The van der Waals surface area contributed by atoms with Crippen molar-refractivity contribution < 1.29 is 9.47 Å². The number of rotatable bonds is 5. The van der Waals surface area contributed by atoms with Gasteiger partial charge in [0, 0.05) is 12.6 Å². The minimum absolute atomic E-state index is 0.234. The zero-order chi connectivity index (χ0) is 17.1. The Bertz CT molecular complexity index is 831. The van der Waals surface area contributed by atoms with E-state index < -0.39 is 0 Å². The number of benzene rings is 2. The number of fused-ring (bicyclic) bond motifs is 1. The van der Waals surface area contributed by atoms with Crippen LogP contribution in [0.15, 0.2) is 55.1 Å². The Morgan fingerprint density at radius 1 is 1.08 bits per heavy atom. The molecule has 3 aromatic rings. The zero-order valence-electron chi connectivity index (χ0n) is 14.1. The molecule has 0 saturated heterocycles. The Morgan fingerprint density at radius 2 is 1.88 bits per heavy atom. The van der Waals surface area contributed by atoms with Crippen LogP contribution in [0.4, 0.5) is 0 Å². The SMILES string of the molecule is CC(NCc1ccc2c(c1)OCCO2)c1ccc(-n2cncn2)cc1. The van der Waals surface area contributed by atoms with Gasteiger partial charge in [-0.3, -0.25) is 0 Å². The maximum atomic E-state index is 5.64. The van der Waals surface area contributed by atoms with E-state index in [4.69, 9.17) is 9.47 Å². The number of aromatic nitrogens is 3. The van der Waals surface area contributed by atoms with Gasteiger partial charge >= 0.3 is 0 Å². The third kappa shape index (κ3) is 3.49. The zero-order valence-corrected chi connectivity index (χ0v) is 14.1. The van der Waals surface area contributed by atoms with Crippen LogP contribution in [0.5, 0.6) is 11.5 Å². The van der Waals surface area contributed by atoms with E-state index in [1.807, 2.05) is 24.3 Å². The summed E-state index contributed by atoms with van der Waals surface area (Å²) < 4.78 is 12.9. The third-order valence-electron chi connectivity index (χ3n) is 4.30. The molecule has 1 atom stereocenters. The molecule has 1 aliphatic heterocycles. The maximum absolute atomic E-state index is 5.64. The summed E-state index contributed by atoms with van der Waals surface area (Å²) in [6, 6.07) is 14.6. The van der Waals surface area contributed by atoms with Crippen LogP contribution in [-0.2, 0) is 6.54 Å². The molecule has 0 spiro atoms. The predicted octanol–water partition coefficient (Wildman–Crippen LogP) is 2.89. The molecule has 1 N–H and O–H groups in total. The van der Waals surface area contributed by atoms with Crippen molar-refractivity contribution in [1.82, 2.24) is 20.1 Å². The molecule has 0 saturated carbocycles. The fourth-order valence-corrected chi connectivity index (χ4v) is 2.84. The van der Waals surface area contributed by atoms with Crippen molar-refractivity contribution in [3.05, 3.63) is 66.2 Å². The molecule has 2 heterocycles. The second-order valence-corrected chi connectivity index (χ2v) is 6.01. The van der Waals surface area contributed by atoms with Gasteiger partial charge in [0.2, 0.25) is 0 Å². The van der Waals surface area contributed by atoms with Crippen LogP contribution < -0.4 is 14.8 Å². The van der Waals surface area contributed by atoms with Crippen molar-refractivity contribution >= 4 is 0 Å². The van der Waals surface area contributed by atoms with Crippen molar-refractivity contribution in [3.63, 3.8) is 0 Å². The van der Waals surface area contributed by atoms with Crippen LogP contribution >= 0.6 is 0 Å². The molecule has 0 fully saturated rings. The lowest BCUT2D eigenvalue weighted by Crippen LogP contribution is -2.19. The standard InChI is InChI=1S/C19H20N4O2/c1-14(16-3-5-17(6-4-16)23-13-20-12-22-23)21-11-15-2-7-18-19(10-15)25-9-8-24-18/h2-7,10,12-14,21H,8-9,11H2,1H3. The minimum atomic E-state index is 0.234. The highest BCUT2D eigenvalue weighted by Gasteiger charge is 2.12. The monoisotopic (exact) mass is 336 g/mol. The molecule has 4 rings (SSSR count). The molecule has 6 nitrogen and oxygen atoms in total. The molecule has 2 aromatic carbocycles. The van der Waals surface area contributed by atoms with E-state index in [1.165, 1.54) is 17.5 Å². The molecule has 1 unspecified atom stereocenters. The molecule has 0 bridgehead atoms. The maximum Gasteiger partial charge on any atom is 0.161 e. The first-order valence-corrected chi connectivity index (χ1v) is 8.36. The van der Waals surface area contributed by atoms with Crippen LogP contribution in [0.2, 0.25) is 0 Å². The predicted molar refractivity (Wildman–Crippen MR) is 94.0 cm³/mol. The molecule has 6 heteroatoms. The van der Waals surface area contributed by atoms with Gasteiger partial charge in [-0.2, -0.15) is 5.10 Å². The molecular weight excluding hydrogens is 316 g/mol. The van der Waals surface area contributed by atoms with E-state index in [0.29, 0.717) is 13.2 Å². The van der Waals surface area contributed by atoms with Crippen LogP contribution in [0.25, 0.3) is 5.69 Å². The molecule has 1 aliphatic rings. The Kier molecular flexibility index (Phi) is 4.35. The topological polar surface area (TPSA) is 61.2 Å². The summed E-state index contributed by atoms with van der Waals surface area (Å²) in [4.78, 5) is 3.97. The molecule has 1 aromatic heterocycles. The summed E-state index contributed by atoms with van der Waals surface area (Å²) in [5.74, 6) is 1.65. The van der Waals surface area contributed by atoms with Gasteiger partial charge in [0.25, 0.3) is 0 Å². The summed E-state index contributed by atoms with van der Waals surface area (Å²) in [6.45, 7) is 4.15. The third-order valence-corrected chi connectivity index (χ3v) is 4.30. The van der Waals surface area contributed by atoms with Crippen LogP contribution in [0, 0.1) is 0 Å². The highest BCUT2D eigenvalue weighted by atomic mass is 16.6. The summed E-state index contributed by atoms with van der Waals surface area (Å²) in [5, 5.41) is 7.69. The van der Waals surface area contributed by atoms with Gasteiger partial charge in [0.15, 0.2) is 11.5 Å². The number of ether oxygens (including phenoxy) is 2. The lowest BCUT2D eigenvalue weighted by atomic mass is 10.1. The van der Waals surface area contributed by atoms with Gasteiger partial charge in [0.1, 0.15) is 25.9 Å². The number of hydrogen-bond donors (Lipinski definition) is 1. The minimum Gasteiger partial charge on any atom is -0.486 e. The molecule has 0 amide bonds. The fraction of sp³-hybridized carbons (Fsp3) is 0.263. The fourth-order valence-electron chi connectivity index (χ4n) is 2.84. The van der Waals surface area contributed by atoms with Crippen molar-refractivity contribution in [1.29, 1.82) is 0 Å². The van der Waals surface area contributed by atoms with Crippen molar-refractivity contribution in [2.45, 2.75) is 19.5 Å². The summed E-state index contributed by atoms with van der Waals surface area (Å²) in [7, 11) is 0. The molecule has 25 heavy (non-hydrogen) atoms. The Morgan fingerprint density at radius 3 is 2.64 bits per heavy atom. The van der Waals surface area contributed by atoms with Gasteiger partial charge in [-0.05, 0) is 42.3 Å². The van der Waals surface area contributed by atoms with Gasteiger partial charge in [0.05, 0.1) is 5.69 Å². The second-order valence-electron chi connectivity index (χ2n) is 6.01. The largest absolute Gasteiger partial charge is 0.486 e.